The lowest BCUT2D eigenvalue weighted by Crippen LogP contribution is -2.34. The summed E-state index contributed by atoms with van der Waals surface area (Å²) in [5.74, 6) is 0.350. The smallest absolute Gasteiger partial charge is 0.274 e. The summed E-state index contributed by atoms with van der Waals surface area (Å²) in [6.07, 6.45) is 2.57. The van der Waals surface area contributed by atoms with Crippen molar-refractivity contribution in [3.8, 4) is 0 Å². The molecule has 3 N–H and O–H groups in total. The summed E-state index contributed by atoms with van der Waals surface area (Å²) in [6, 6.07) is 0.133. The second-order valence-electron chi connectivity index (χ2n) is 4.61. The molecule has 0 bridgehead atoms. The summed E-state index contributed by atoms with van der Waals surface area (Å²) in [5, 5.41) is 6.91. The molecule has 0 aromatic carbocycles. The van der Waals surface area contributed by atoms with Crippen LogP contribution >= 0.6 is 0 Å². The molecule has 16 heavy (non-hydrogen) atoms. The fraction of sp³-hybridized carbons (Fsp3) is 0.636. The van der Waals surface area contributed by atoms with Gasteiger partial charge in [0.05, 0.1) is 5.69 Å². The van der Waals surface area contributed by atoms with Crippen LogP contribution in [0.3, 0.4) is 0 Å². The molecule has 0 saturated carbocycles. The summed E-state index contributed by atoms with van der Waals surface area (Å²) in [5.41, 5.74) is 6.39. The number of anilines is 1. The zero-order valence-electron chi connectivity index (χ0n) is 10.3. The molecule has 0 radical (unpaired) electrons. The molecule has 90 valence electrons. The quantitative estimate of drug-likeness (QED) is 0.806. The van der Waals surface area contributed by atoms with E-state index in [0.29, 0.717) is 17.3 Å². The average Bonchev–Trinajstić information content (AvgIpc) is 2.43. The highest BCUT2D eigenvalue weighted by Gasteiger charge is 2.16. The van der Waals surface area contributed by atoms with Gasteiger partial charge in [0.15, 0.2) is 5.69 Å². The second-order valence-corrected chi connectivity index (χ2v) is 4.61. The third-order valence-electron chi connectivity index (χ3n) is 2.27. The van der Waals surface area contributed by atoms with E-state index < -0.39 is 0 Å². The normalized spacial score (nSPS) is 12.8. The molecule has 1 rings (SSSR count). The van der Waals surface area contributed by atoms with Crippen LogP contribution in [0.5, 0.6) is 0 Å². The molecular formula is C11H20N4O. The monoisotopic (exact) mass is 224 g/mol. The topological polar surface area (TPSA) is 72.9 Å². The standard InChI is InChI=1S/C11H20N4O/c1-7(2)5-8(3)13-11(16)10-9(12)6-15(4)14-10/h6-8H,5,12H2,1-4H3,(H,13,16). The first kappa shape index (κ1) is 12.5. The summed E-state index contributed by atoms with van der Waals surface area (Å²) in [4.78, 5) is 11.8. The molecule has 1 aromatic rings. The molecule has 1 unspecified atom stereocenters. The van der Waals surface area contributed by atoms with Gasteiger partial charge in [-0.15, -0.1) is 0 Å². The van der Waals surface area contributed by atoms with Crippen molar-refractivity contribution in [1.29, 1.82) is 0 Å². The number of carbonyl (C=O) groups is 1. The maximum Gasteiger partial charge on any atom is 0.274 e. The summed E-state index contributed by atoms with van der Waals surface area (Å²) >= 11 is 0. The highest BCUT2D eigenvalue weighted by molar-refractivity contribution is 5.97. The van der Waals surface area contributed by atoms with E-state index in [1.165, 1.54) is 4.68 Å². The van der Waals surface area contributed by atoms with E-state index in [9.17, 15) is 4.79 Å². The number of nitrogen functional groups attached to an aromatic ring is 1. The number of nitrogens with two attached hydrogens (primary N) is 1. The first-order valence-electron chi connectivity index (χ1n) is 5.50. The van der Waals surface area contributed by atoms with E-state index in [1.54, 1.807) is 13.2 Å². The fourth-order valence-electron chi connectivity index (χ4n) is 1.74. The molecule has 1 heterocycles. The Morgan fingerprint density at radius 3 is 2.62 bits per heavy atom. The van der Waals surface area contributed by atoms with Crippen LogP contribution in [0.4, 0.5) is 5.69 Å². The molecule has 0 aliphatic rings. The van der Waals surface area contributed by atoms with Gasteiger partial charge in [-0.2, -0.15) is 5.10 Å². The summed E-state index contributed by atoms with van der Waals surface area (Å²) < 4.78 is 1.54. The van der Waals surface area contributed by atoms with Crippen LogP contribution in [0.25, 0.3) is 0 Å². The van der Waals surface area contributed by atoms with Crippen LogP contribution in [0.1, 0.15) is 37.7 Å². The number of nitrogens with zero attached hydrogens (tertiary/aromatic N) is 2. The number of amides is 1. The van der Waals surface area contributed by atoms with Gasteiger partial charge < -0.3 is 11.1 Å². The Hall–Kier alpha value is -1.52. The lowest BCUT2D eigenvalue weighted by molar-refractivity contribution is 0.0931. The number of aryl methyl sites for hydroxylation is 1. The minimum atomic E-state index is -0.203. The molecular weight excluding hydrogens is 204 g/mol. The van der Waals surface area contributed by atoms with Crippen LogP contribution in [0, 0.1) is 5.92 Å². The van der Waals surface area contributed by atoms with Crippen molar-refractivity contribution in [2.24, 2.45) is 13.0 Å². The predicted octanol–water partition coefficient (Wildman–Crippen LogP) is 1.17. The Morgan fingerprint density at radius 2 is 2.19 bits per heavy atom. The van der Waals surface area contributed by atoms with E-state index in [2.05, 4.69) is 24.3 Å². The summed E-state index contributed by atoms with van der Waals surface area (Å²) in [6.45, 7) is 6.23. The van der Waals surface area contributed by atoms with Crippen molar-refractivity contribution in [3.63, 3.8) is 0 Å². The highest BCUT2D eigenvalue weighted by Crippen LogP contribution is 2.09. The molecule has 5 heteroatoms. The van der Waals surface area contributed by atoms with Gasteiger partial charge in [0, 0.05) is 19.3 Å². The van der Waals surface area contributed by atoms with Crippen LogP contribution in [0.15, 0.2) is 6.20 Å². The number of rotatable bonds is 4. The molecule has 0 fully saturated rings. The molecule has 1 atom stereocenters. The second kappa shape index (κ2) is 5.01. The van der Waals surface area contributed by atoms with Gasteiger partial charge >= 0.3 is 0 Å². The van der Waals surface area contributed by atoms with Gasteiger partial charge in [0.1, 0.15) is 0 Å². The maximum absolute atomic E-state index is 11.8. The van der Waals surface area contributed by atoms with Crippen LogP contribution in [-0.4, -0.2) is 21.7 Å². The first-order valence-corrected chi connectivity index (χ1v) is 5.50. The van der Waals surface area contributed by atoms with E-state index in [-0.39, 0.29) is 11.9 Å². The van der Waals surface area contributed by atoms with Gasteiger partial charge in [0.2, 0.25) is 0 Å². The Morgan fingerprint density at radius 1 is 1.56 bits per heavy atom. The lowest BCUT2D eigenvalue weighted by atomic mass is 10.1. The number of aromatic nitrogens is 2. The van der Waals surface area contributed by atoms with Crippen molar-refractivity contribution >= 4 is 11.6 Å². The van der Waals surface area contributed by atoms with Gasteiger partial charge in [-0.05, 0) is 19.3 Å². The Labute approximate surface area is 96.0 Å². The van der Waals surface area contributed by atoms with Crippen LogP contribution < -0.4 is 11.1 Å². The Bertz CT molecular complexity index is 370. The van der Waals surface area contributed by atoms with E-state index in [4.69, 9.17) is 5.73 Å². The lowest BCUT2D eigenvalue weighted by Gasteiger charge is -2.15. The van der Waals surface area contributed by atoms with E-state index >= 15 is 0 Å². The zero-order chi connectivity index (χ0) is 12.3. The first-order chi connectivity index (χ1) is 7.40. The highest BCUT2D eigenvalue weighted by atomic mass is 16.2. The van der Waals surface area contributed by atoms with Crippen LogP contribution in [0.2, 0.25) is 0 Å². The van der Waals surface area contributed by atoms with Crippen LogP contribution in [-0.2, 0) is 7.05 Å². The van der Waals surface area contributed by atoms with E-state index in [0.717, 1.165) is 6.42 Å². The average molecular weight is 224 g/mol. The number of hydrogen-bond donors (Lipinski definition) is 2. The molecule has 1 amide bonds. The predicted molar refractivity (Wildman–Crippen MR) is 64.0 cm³/mol. The fourth-order valence-corrected chi connectivity index (χ4v) is 1.74. The zero-order valence-corrected chi connectivity index (χ0v) is 10.3. The van der Waals surface area contributed by atoms with Crippen molar-refractivity contribution in [2.45, 2.75) is 33.2 Å². The van der Waals surface area contributed by atoms with Crippen molar-refractivity contribution in [1.82, 2.24) is 15.1 Å². The number of carbonyl (C=O) groups excluding carboxylic acids is 1. The molecule has 1 aromatic heterocycles. The molecule has 0 aliphatic carbocycles. The minimum Gasteiger partial charge on any atom is -0.396 e. The molecule has 0 aliphatic heterocycles. The Balaban J connectivity index is 2.62. The number of nitrogens with one attached hydrogen (secondary N) is 1. The summed E-state index contributed by atoms with van der Waals surface area (Å²) in [7, 11) is 1.74. The van der Waals surface area contributed by atoms with Crippen molar-refractivity contribution in [2.75, 3.05) is 5.73 Å². The maximum atomic E-state index is 11.8. The Kier molecular flexibility index (Phi) is 3.93. The largest absolute Gasteiger partial charge is 0.396 e. The molecule has 0 saturated heterocycles. The van der Waals surface area contributed by atoms with Gasteiger partial charge in [-0.3, -0.25) is 9.48 Å². The third-order valence-corrected chi connectivity index (χ3v) is 2.27. The SMILES string of the molecule is CC(C)CC(C)NC(=O)c1nn(C)cc1N. The van der Waals surface area contributed by atoms with Crippen molar-refractivity contribution in [3.05, 3.63) is 11.9 Å². The van der Waals surface area contributed by atoms with Gasteiger partial charge in [-0.1, -0.05) is 13.8 Å². The molecule has 5 nitrogen and oxygen atoms in total. The van der Waals surface area contributed by atoms with Gasteiger partial charge in [0.25, 0.3) is 5.91 Å². The van der Waals surface area contributed by atoms with E-state index in [1.807, 2.05) is 6.92 Å². The third kappa shape index (κ3) is 3.25. The van der Waals surface area contributed by atoms with Crippen molar-refractivity contribution < 1.29 is 4.79 Å². The number of hydrogen-bond acceptors (Lipinski definition) is 3. The van der Waals surface area contributed by atoms with Gasteiger partial charge in [-0.25, -0.2) is 0 Å². The molecule has 0 spiro atoms. The minimum absolute atomic E-state index is 0.133.